The Bertz CT molecular complexity index is 607. The molecule has 0 spiro atoms. The number of benzene rings is 1. The van der Waals surface area contributed by atoms with Crippen molar-refractivity contribution in [2.45, 2.75) is 71.6 Å². The number of allylic oxidation sites excluding steroid dienone is 2. The quantitative estimate of drug-likeness (QED) is 0.602. The van der Waals surface area contributed by atoms with E-state index in [4.69, 9.17) is 4.74 Å². The van der Waals surface area contributed by atoms with Crippen LogP contribution in [-0.4, -0.2) is 7.11 Å². The largest absolute Gasteiger partial charge is 0.496 e. The van der Waals surface area contributed by atoms with E-state index in [1.807, 2.05) is 7.11 Å². The molecule has 1 heteroatoms. The van der Waals surface area contributed by atoms with E-state index in [1.54, 1.807) is 11.1 Å². The van der Waals surface area contributed by atoms with Crippen molar-refractivity contribution in [3.05, 3.63) is 40.0 Å². The van der Waals surface area contributed by atoms with Crippen LogP contribution >= 0.6 is 0 Å². The first-order valence-corrected chi connectivity index (χ1v) is 8.80. The molecule has 1 aromatic rings. The summed E-state index contributed by atoms with van der Waals surface area (Å²) in [5.74, 6) is 3.83. The fourth-order valence-electron chi connectivity index (χ4n) is 4.93. The molecule has 0 amide bonds. The van der Waals surface area contributed by atoms with Gasteiger partial charge in [0.05, 0.1) is 7.11 Å². The number of hydrogen-bond donors (Lipinski definition) is 0. The fraction of sp³-hybridized carbons (Fsp3) is 0.619. The van der Waals surface area contributed by atoms with Crippen molar-refractivity contribution in [2.75, 3.05) is 7.11 Å². The summed E-state index contributed by atoms with van der Waals surface area (Å²) in [6.07, 6.45) is 6.43. The van der Waals surface area contributed by atoms with Gasteiger partial charge in [-0.25, -0.2) is 0 Å². The van der Waals surface area contributed by atoms with Crippen molar-refractivity contribution in [1.29, 1.82) is 0 Å². The van der Waals surface area contributed by atoms with Gasteiger partial charge in [0.15, 0.2) is 0 Å². The van der Waals surface area contributed by atoms with E-state index in [2.05, 4.69) is 46.8 Å². The summed E-state index contributed by atoms with van der Waals surface area (Å²) in [6.45, 7) is 11.6. The lowest BCUT2D eigenvalue weighted by Crippen LogP contribution is -2.28. The third-order valence-corrected chi connectivity index (χ3v) is 5.83. The minimum absolute atomic E-state index is 0.584. The molecule has 0 bridgehead atoms. The van der Waals surface area contributed by atoms with E-state index >= 15 is 0 Å². The molecule has 22 heavy (non-hydrogen) atoms. The Morgan fingerprint density at radius 2 is 1.86 bits per heavy atom. The van der Waals surface area contributed by atoms with Gasteiger partial charge in [-0.2, -0.15) is 0 Å². The topological polar surface area (TPSA) is 9.23 Å². The molecule has 0 radical (unpaired) electrons. The number of aryl methyl sites for hydroxylation is 1. The SMILES string of the molecule is COc1cc(C)c2c3c1[C@@H](C)CC[C@@H]3[C@@H](C)C[C@H]2C=C(C)C. The zero-order chi connectivity index (χ0) is 16.0. The van der Waals surface area contributed by atoms with E-state index < -0.39 is 0 Å². The maximum Gasteiger partial charge on any atom is 0.122 e. The molecular weight excluding hydrogens is 268 g/mol. The van der Waals surface area contributed by atoms with Gasteiger partial charge < -0.3 is 4.74 Å². The average Bonchev–Trinajstić information content (AvgIpc) is 2.44. The van der Waals surface area contributed by atoms with Gasteiger partial charge in [-0.1, -0.05) is 25.5 Å². The molecule has 2 aliphatic rings. The third kappa shape index (κ3) is 2.39. The van der Waals surface area contributed by atoms with Crippen LogP contribution in [0.25, 0.3) is 0 Å². The number of methoxy groups -OCH3 is 1. The van der Waals surface area contributed by atoms with E-state index in [1.165, 1.54) is 36.0 Å². The molecule has 0 saturated heterocycles. The first-order chi connectivity index (χ1) is 10.4. The van der Waals surface area contributed by atoms with Crippen LogP contribution in [0.2, 0.25) is 0 Å². The zero-order valence-corrected chi connectivity index (χ0v) is 15.0. The first-order valence-electron chi connectivity index (χ1n) is 8.80. The van der Waals surface area contributed by atoms with Crippen LogP contribution in [0.1, 0.15) is 87.0 Å². The molecule has 3 rings (SSSR count). The van der Waals surface area contributed by atoms with Crippen molar-refractivity contribution < 1.29 is 4.74 Å². The number of rotatable bonds is 2. The number of hydrogen-bond acceptors (Lipinski definition) is 1. The van der Waals surface area contributed by atoms with Crippen LogP contribution in [0.5, 0.6) is 5.75 Å². The van der Waals surface area contributed by atoms with Crippen LogP contribution in [-0.2, 0) is 0 Å². The number of ether oxygens (including phenoxy) is 1. The fourth-order valence-corrected chi connectivity index (χ4v) is 4.93. The lowest BCUT2D eigenvalue weighted by Gasteiger charge is -2.43. The van der Waals surface area contributed by atoms with Gasteiger partial charge in [-0.3, -0.25) is 0 Å². The zero-order valence-electron chi connectivity index (χ0n) is 15.0. The van der Waals surface area contributed by atoms with Gasteiger partial charge >= 0.3 is 0 Å². The van der Waals surface area contributed by atoms with Crippen LogP contribution < -0.4 is 4.74 Å². The molecule has 0 aromatic heterocycles. The van der Waals surface area contributed by atoms with E-state index in [0.717, 1.165) is 17.6 Å². The molecule has 0 heterocycles. The van der Waals surface area contributed by atoms with Crippen molar-refractivity contribution in [1.82, 2.24) is 0 Å². The second kappa shape index (κ2) is 5.76. The van der Waals surface area contributed by atoms with Crippen molar-refractivity contribution in [3.63, 3.8) is 0 Å². The Labute approximate surface area is 135 Å². The Morgan fingerprint density at radius 1 is 1.14 bits per heavy atom. The molecule has 0 aliphatic heterocycles. The second-order valence-electron chi connectivity index (χ2n) is 7.79. The van der Waals surface area contributed by atoms with Gasteiger partial charge in [0.1, 0.15) is 5.75 Å². The van der Waals surface area contributed by atoms with Gasteiger partial charge in [-0.15, -0.1) is 0 Å². The van der Waals surface area contributed by atoms with Crippen LogP contribution in [0.4, 0.5) is 0 Å². The Morgan fingerprint density at radius 3 is 2.50 bits per heavy atom. The van der Waals surface area contributed by atoms with E-state index in [-0.39, 0.29) is 0 Å². The Hall–Kier alpha value is -1.24. The predicted molar refractivity (Wildman–Crippen MR) is 94.1 cm³/mol. The molecular formula is C21H30O. The predicted octanol–water partition coefficient (Wildman–Crippen LogP) is 6.07. The van der Waals surface area contributed by atoms with Crippen molar-refractivity contribution in [2.24, 2.45) is 5.92 Å². The molecule has 0 N–H and O–H groups in total. The van der Waals surface area contributed by atoms with Crippen LogP contribution in [0.3, 0.4) is 0 Å². The molecule has 120 valence electrons. The molecule has 1 nitrogen and oxygen atoms in total. The van der Waals surface area contributed by atoms with Crippen molar-refractivity contribution >= 4 is 0 Å². The molecule has 0 fully saturated rings. The highest BCUT2D eigenvalue weighted by molar-refractivity contribution is 5.57. The summed E-state index contributed by atoms with van der Waals surface area (Å²) >= 11 is 0. The highest BCUT2D eigenvalue weighted by Gasteiger charge is 2.39. The van der Waals surface area contributed by atoms with Gasteiger partial charge in [0, 0.05) is 11.5 Å². The smallest absolute Gasteiger partial charge is 0.122 e. The van der Waals surface area contributed by atoms with Crippen LogP contribution in [0, 0.1) is 12.8 Å². The summed E-state index contributed by atoms with van der Waals surface area (Å²) in [7, 11) is 1.83. The highest BCUT2D eigenvalue weighted by atomic mass is 16.5. The minimum Gasteiger partial charge on any atom is -0.496 e. The standard InChI is InChI=1S/C21H30O/c1-12(2)9-16-10-14(4)17-8-7-13(3)20-18(22-6)11-15(5)19(16)21(17)20/h9,11,13-14,16-17H,7-8,10H2,1-6H3/t13-,14-,16+,17+/m0/s1. The summed E-state index contributed by atoms with van der Waals surface area (Å²) in [6, 6.07) is 2.29. The second-order valence-corrected chi connectivity index (χ2v) is 7.79. The molecule has 2 aliphatic carbocycles. The third-order valence-electron chi connectivity index (χ3n) is 5.83. The molecule has 0 unspecified atom stereocenters. The molecule has 0 saturated carbocycles. The minimum atomic E-state index is 0.584. The maximum absolute atomic E-state index is 5.77. The van der Waals surface area contributed by atoms with E-state index in [0.29, 0.717) is 11.8 Å². The van der Waals surface area contributed by atoms with Gasteiger partial charge in [-0.05, 0) is 80.5 Å². The maximum atomic E-state index is 5.77. The first kappa shape index (κ1) is 15.6. The van der Waals surface area contributed by atoms with Gasteiger partial charge in [0.2, 0.25) is 0 Å². The molecule has 1 aromatic carbocycles. The highest BCUT2D eigenvalue weighted by Crippen LogP contribution is 2.55. The summed E-state index contributed by atoms with van der Waals surface area (Å²) in [5.41, 5.74) is 7.63. The molecule has 4 atom stereocenters. The van der Waals surface area contributed by atoms with Gasteiger partial charge in [0.25, 0.3) is 0 Å². The summed E-state index contributed by atoms with van der Waals surface area (Å²) < 4.78 is 5.77. The van der Waals surface area contributed by atoms with E-state index in [9.17, 15) is 0 Å². The summed E-state index contributed by atoms with van der Waals surface area (Å²) in [5, 5.41) is 0. The lowest BCUT2D eigenvalue weighted by molar-refractivity contribution is 0.322. The summed E-state index contributed by atoms with van der Waals surface area (Å²) in [4.78, 5) is 0. The normalized spacial score (nSPS) is 29.7. The van der Waals surface area contributed by atoms with Crippen molar-refractivity contribution in [3.8, 4) is 5.75 Å². The average molecular weight is 298 g/mol. The Kier molecular flexibility index (Phi) is 4.09. The Balaban J connectivity index is 2.28. The van der Waals surface area contributed by atoms with Crippen LogP contribution in [0.15, 0.2) is 17.7 Å². The monoisotopic (exact) mass is 298 g/mol. The lowest BCUT2D eigenvalue weighted by atomic mass is 9.62.